The molecule has 0 aliphatic carbocycles. The molecule has 0 spiro atoms. The molecule has 1 N–H and O–H groups in total. The average Bonchev–Trinajstić information content (AvgIpc) is 2.29. The van der Waals surface area contributed by atoms with Crippen LogP contribution in [0.1, 0.15) is 25.8 Å². The van der Waals surface area contributed by atoms with Gasteiger partial charge in [0.05, 0.1) is 5.25 Å². The summed E-state index contributed by atoms with van der Waals surface area (Å²) in [5.41, 5.74) is 1.24. The van der Waals surface area contributed by atoms with E-state index in [1.807, 2.05) is 6.92 Å². The lowest BCUT2D eigenvalue weighted by molar-refractivity contribution is -0.120. The van der Waals surface area contributed by atoms with Crippen molar-refractivity contribution in [2.24, 2.45) is 0 Å². The summed E-state index contributed by atoms with van der Waals surface area (Å²) in [6.07, 6.45) is 0.980. The molecule has 0 saturated carbocycles. The van der Waals surface area contributed by atoms with Gasteiger partial charge in [-0.2, -0.15) is 0 Å². The Morgan fingerprint density at radius 2 is 2.00 bits per heavy atom. The van der Waals surface area contributed by atoms with E-state index in [0.29, 0.717) is 0 Å². The van der Waals surface area contributed by atoms with Crippen LogP contribution in [-0.2, 0) is 4.79 Å². The van der Waals surface area contributed by atoms with E-state index in [2.05, 4.69) is 43.4 Å². The van der Waals surface area contributed by atoms with Gasteiger partial charge in [-0.15, -0.1) is 11.8 Å². The van der Waals surface area contributed by atoms with E-state index < -0.39 is 0 Å². The van der Waals surface area contributed by atoms with Crippen LogP contribution in [0.5, 0.6) is 0 Å². The molecule has 2 nitrogen and oxygen atoms in total. The van der Waals surface area contributed by atoms with Crippen LogP contribution in [-0.4, -0.2) is 17.7 Å². The van der Waals surface area contributed by atoms with Gasteiger partial charge in [-0.3, -0.25) is 4.79 Å². The Morgan fingerprint density at radius 1 is 1.38 bits per heavy atom. The Morgan fingerprint density at radius 3 is 2.56 bits per heavy atom. The Labute approximate surface area is 102 Å². The Hall–Kier alpha value is -0.960. The Kier molecular flexibility index (Phi) is 5.39. The second-order valence-corrected chi connectivity index (χ2v) is 5.28. The second kappa shape index (κ2) is 6.59. The number of hydrogen-bond donors (Lipinski definition) is 1. The number of thioether (sulfide) groups is 1. The number of nitrogens with one attached hydrogen (secondary N) is 1. The molecule has 1 aromatic rings. The van der Waals surface area contributed by atoms with Gasteiger partial charge in [-0.25, -0.2) is 0 Å². The van der Waals surface area contributed by atoms with Gasteiger partial charge in [0.15, 0.2) is 0 Å². The first-order valence-corrected chi connectivity index (χ1v) is 6.52. The first-order valence-electron chi connectivity index (χ1n) is 5.64. The summed E-state index contributed by atoms with van der Waals surface area (Å²) in [5.74, 6) is 0.118. The number of amides is 1. The molecule has 0 aliphatic heterocycles. The zero-order valence-corrected chi connectivity index (χ0v) is 10.9. The van der Waals surface area contributed by atoms with E-state index in [1.165, 1.54) is 5.56 Å². The van der Waals surface area contributed by atoms with Crippen molar-refractivity contribution in [1.82, 2.24) is 5.32 Å². The van der Waals surface area contributed by atoms with Crippen LogP contribution < -0.4 is 5.32 Å². The first-order chi connectivity index (χ1) is 7.63. The van der Waals surface area contributed by atoms with Crippen LogP contribution in [0, 0.1) is 6.92 Å². The van der Waals surface area contributed by atoms with Crippen molar-refractivity contribution in [3.8, 4) is 0 Å². The molecule has 16 heavy (non-hydrogen) atoms. The van der Waals surface area contributed by atoms with Crippen LogP contribution in [0.3, 0.4) is 0 Å². The van der Waals surface area contributed by atoms with Crippen LogP contribution in [0.15, 0.2) is 29.2 Å². The van der Waals surface area contributed by atoms with E-state index in [0.717, 1.165) is 17.9 Å². The van der Waals surface area contributed by atoms with Gasteiger partial charge in [0.1, 0.15) is 0 Å². The molecule has 0 aromatic heterocycles. The third-order valence-corrected chi connectivity index (χ3v) is 3.36. The van der Waals surface area contributed by atoms with Gasteiger partial charge in [0, 0.05) is 11.4 Å². The molecule has 1 rings (SSSR count). The fourth-order valence-corrected chi connectivity index (χ4v) is 2.16. The molecule has 1 amide bonds. The van der Waals surface area contributed by atoms with Gasteiger partial charge >= 0.3 is 0 Å². The molecule has 0 saturated heterocycles. The molecular weight excluding hydrogens is 218 g/mol. The Bertz CT molecular complexity index is 334. The number of carbonyl (C=O) groups excluding carboxylic acids is 1. The van der Waals surface area contributed by atoms with Crippen molar-refractivity contribution in [2.75, 3.05) is 6.54 Å². The summed E-state index contributed by atoms with van der Waals surface area (Å²) in [6.45, 7) is 6.82. The minimum Gasteiger partial charge on any atom is -0.355 e. The summed E-state index contributed by atoms with van der Waals surface area (Å²) in [5, 5.41) is 2.87. The fraction of sp³-hybridized carbons (Fsp3) is 0.462. The maximum Gasteiger partial charge on any atom is 0.233 e. The maximum atomic E-state index is 11.6. The van der Waals surface area contributed by atoms with Crippen molar-refractivity contribution in [1.29, 1.82) is 0 Å². The van der Waals surface area contributed by atoms with Gasteiger partial charge in [-0.1, -0.05) is 24.6 Å². The highest BCUT2D eigenvalue weighted by Crippen LogP contribution is 2.23. The van der Waals surface area contributed by atoms with E-state index in [9.17, 15) is 4.79 Å². The predicted octanol–water partition coefficient (Wildman–Crippen LogP) is 3.00. The topological polar surface area (TPSA) is 29.1 Å². The first kappa shape index (κ1) is 13.1. The second-order valence-electron chi connectivity index (χ2n) is 3.86. The van der Waals surface area contributed by atoms with Crippen molar-refractivity contribution >= 4 is 17.7 Å². The SMILES string of the molecule is CCCNC(=O)[C@@H](C)Sc1ccc(C)cc1. The summed E-state index contributed by atoms with van der Waals surface area (Å²) >= 11 is 1.60. The molecule has 0 unspecified atom stereocenters. The van der Waals surface area contributed by atoms with Crippen molar-refractivity contribution < 1.29 is 4.79 Å². The number of aryl methyl sites for hydroxylation is 1. The number of carbonyl (C=O) groups is 1. The zero-order valence-electron chi connectivity index (χ0n) is 10.1. The largest absolute Gasteiger partial charge is 0.355 e. The van der Waals surface area contributed by atoms with Crippen LogP contribution >= 0.6 is 11.8 Å². The van der Waals surface area contributed by atoms with E-state index in [4.69, 9.17) is 0 Å². The molecule has 0 radical (unpaired) electrons. The summed E-state index contributed by atoms with van der Waals surface area (Å²) in [4.78, 5) is 12.8. The molecule has 88 valence electrons. The van der Waals surface area contributed by atoms with E-state index in [-0.39, 0.29) is 11.2 Å². The number of rotatable bonds is 5. The third-order valence-electron chi connectivity index (χ3n) is 2.25. The van der Waals surface area contributed by atoms with Crippen molar-refractivity contribution in [2.45, 2.75) is 37.3 Å². The van der Waals surface area contributed by atoms with Gasteiger partial charge in [0.2, 0.25) is 5.91 Å². The van der Waals surface area contributed by atoms with Crippen LogP contribution in [0.25, 0.3) is 0 Å². The maximum absolute atomic E-state index is 11.6. The quantitative estimate of drug-likeness (QED) is 0.798. The predicted molar refractivity (Wildman–Crippen MR) is 69.8 cm³/mol. The minimum absolute atomic E-state index is 0.0331. The molecule has 0 heterocycles. The van der Waals surface area contributed by atoms with Gasteiger partial charge in [0.25, 0.3) is 0 Å². The average molecular weight is 237 g/mol. The molecule has 0 bridgehead atoms. The molecule has 1 atom stereocenters. The molecule has 0 aliphatic rings. The fourth-order valence-electron chi connectivity index (χ4n) is 1.27. The summed E-state index contributed by atoms with van der Waals surface area (Å²) < 4.78 is 0. The van der Waals surface area contributed by atoms with Crippen molar-refractivity contribution in [3.63, 3.8) is 0 Å². The summed E-state index contributed by atoms with van der Waals surface area (Å²) in [6, 6.07) is 8.26. The highest BCUT2D eigenvalue weighted by Gasteiger charge is 2.12. The van der Waals surface area contributed by atoms with Crippen LogP contribution in [0.2, 0.25) is 0 Å². The normalized spacial score (nSPS) is 12.2. The van der Waals surface area contributed by atoms with Gasteiger partial charge in [-0.05, 0) is 32.4 Å². The highest BCUT2D eigenvalue weighted by atomic mass is 32.2. The van der Waals surface area contributed by atoms with Crippen LogP contribution in [0.4, 0.5) is 0 Å². The Balaban J connectivity index is 2.47. The number of hydrogen-bond acceptors (Lipinski definition) is 2. The molecule has 1 aromatic carbocycles. The minimum atomic E-state index is -0.0331. The monoisotopic (exact) mass is 237 g/mol. The lowest BCUT2D eigenvalue weighted by Crippen LogP contribution is -2.31. The van der Waals surface area contributed by atoms with E-state index in [1.54, 1.807) is 11.8 Å². The zero-order chi connectivity index (χ0) is 12.0. The molecule has 0 fully saturated rings. The van der Waals surface area contributed by atoms with E-state index >= 15 is 0 Å². The smallest absolute Gasteiger partial charge is 0.233 e. The van der Waals surface area contributed by atoms with Crippen molar-refractivity contribution in [3.05, 3.63) is 29.8 Å². The third kappa shape index (κ3) is 4.27. The lowest BCUT2D eigenvalue weighted by atomic mass is 10.2. The molecule has 3 heteroatoms. The van der Waals surface area contributed by atoms with Gasteiger partial charge < -0.3 is 5.32 Å². The number of benzene rings is 1. The molecular formula is C13H19NOS. The lowest BCUT2D eigenvalue weighted by Gasteiger charge is -2.11. The standard InChI is InChI=1S/C13H19NOS/c1-4-9-14-13(15)11(3)16-12-7-5-10(2)6-8-12/h5-8,11H,4,9H2,1-3H3,(H,14,15)/t11-/m1/s1. The highest BCUT2D eigenvalue weighted by molar-refractivity contribution is 8.00. The summed E-state index contributed by atoms with van der Waals surface area (Å²) in [7, 11) is 0.